The molecule has 4 nitrogen and oxygen atoms in total. The molecule has 6 heteroatoms. The summed E-state index contributed by atoms with van der Waals surface area (Å²) in [5.41, 5.74) is 2.16. The van der Waals surface area contributed by atoms with E-state index in [0.717, 1.165) is 16.9 Å². The SMILES string of the molecule is COc1ccc(C=C2Oc3cc(OCc4ccc(Cl)cc4Cl)ccc3C2=O)cc1. The fourth-order valence-electron chi connectivity index (χ4n) is 2.91. The molecule has 0 bridgehead atoms. The summed E-state index contributed by atoms with van der Waals surface area (Å²) in [6, 6.07) is 17.7. The second-order valence-corrected chi connectivity index (χ2v) is 7.24. The number of methoxy groups -OCH3 is 1. The Morgan fingerprint density at radius 3 is 2.45 bits per heavy atom. The average molecular weight is 427 g/mol. The van der Waals surface area contributed by atoms with Crippen LogP contribution >= 0.6 is 23.2 Å². The molecule has 1 heterocycles. The lowest BCUT2D eigenvalue weighted by Gasteiger charge is -2.09. The first kappa shape index (κ1) is 19.4. The molecule has 0 spiro atoms. The molecule has 4 rings (SSSR count). The van der Waals surface area contributed by atoms with E-state index >= 15 is 0 Å². The first-order chi connectivity index (χ1) is 14.0. The number of Topliss-reactive ketones (excluding diaryl/α,β-unsaturated/α-hetero) is 1. The first-order valence-corrected chi connectivity index (χ1v) is 9.58. The second kappa shape index (κ2) is 8.19. The van der Waals surface area contributed by atoms with Gasteiger partial charge in [0.25, 0.3) is 0 Å². The highest BCUT2D eigenvalue weighted by molar-refractivity contribution is 6.35. The maximum atomic E-state index is 12.6. The molecule has 29 heavy (non-hydrogen) atoms. The third-order valence-electron chi connectivity index (χ3n) is 4.46. The van der Waals surface area contributed by atoms with Crippen LogP contribution in [0.15, 0.2) is 66.4 Å². The smallest absolute Gasteiger partial charge is 0.231 e. The van der Waals surface area contributed by atoms with Crippen molar-refractivity contribution in [1.29, 1.82) is 0 Å². The normalized spacial score (nSPS) is 13.9. The van der Waals surface area contributed by atoms with Crippen molar-refractivity contribution >= 4 is 35.1 Å². The Morgan fingerprint density at radius 1 is 0.966 bits per heavy atom. The van der Waals surface area contributed by atoms with Gasteiger partial charge in [-0.05, 0) is 48.0 Å². The number of rotatable bonds is 5. The molecule has 0 aromatic heterocycles. The molecule has 0 unspecified atom stereocenters. The number of hydrogen-bond acceptors (Lipinski definition) is 4. The topological polar surface area (TPSA) is 44.8 Å². The van der Waals surface area contributed by atoms with Crippen LogP contribution in [0.25, 0.3) is 6.08 Å². The third kappa shape index (κ3) is 4.24. The zero-order valence-electron chi connectivity index (χ0n) is 15.4. The van der Waals surface area contributed by atoms with Crippen molar-refractivity contribution in [3.05, 3.63) is 93.2 Å². The summed E-state index contributed by atoms with van der Waals surface area (Å²) in [5, 5.41) is 1.11. The van der Waals surface area contributed by atoms with E-state index in [4.69, 9.17) is 37.4 Å². The number of carbonyl (C=O) groups excluding carboxylic acids is 1. The minimum atomic E-state index is -0.164. The van der Waals surface area contributed by atoms with Gasteiger partial charge in [-0.15, -0.1) is 0 Å². The van der Waals surface area contributed by atoms with Gasteiger partial charge in [0.05, 0.1) is 12.7 Å². The van der Waals surface area contributed by atoms with Gasteiger partial charge in [-0.1, -0.05) is 41.4 Å². The van der Waals surface area contributed by atoms with Crippen molar-refractivity contribution in [3.8, 4) is 17.2 Å². The minimum Gasteiger partial charge on any atom is -0.497 e. The van der Waals surface area contributed by atoms with Crippen molar-refractivity contribution in [2.75, 3.05) is 7.11 Å². The van der Waals surface area contributed by atoms with Gasteiger partial charge in [-0.25, -0.2) is 0 Å². The van der Waals surface area contributed by atoms with Crippen LogP contribution in [-0.2, 0) is 6.61 Å². The van der Waals surface area contributed by atoms with Gasteiger partial charge in [-0.2, -0.15) is 0 Å². The highest BCUT2D eigenvalue weighted by Crippen LogP contribution is 2.35. The maximum absolute atomic E-state index is 12.6. The Bertz CT molecular complexity index is 1100. The number of fused-ring (bicyclic) bond motifs is 1. The summed E-state index contributed by atoms with van der Waals surface area (Å²) in [4.78, 5) is 12.6. The van der Waals surface area contributed by atoms with Crippen LogP contribution in [0.4, 0.5) is 0 Å². The summed E-state index contributed by atoms with van der Waals surface area (Å²) in [7, 11) is 1.61. The fraction of sp³-hybridized carbons (Fsp3) is 0.0870. The zero-order chi connectivity index (χ0) is 20.4. The third-order valence-corrected chi connectivity index (χ3v) is 5.05. The van der Waals surface area contributed by atoms with Gasteiger partial charge in [-0.3, -0.25) is 4.79 Å². The predicted octanol–water partition coefficient (Wildman–Crippen LogP) is 6.20. The molecule has 3 aromatic carbocycles. The van der Waals surface area contributed by atoms with Gasteiger partial charge >= 0.3 is 0 Å². The van der Waals surface area contributed by atoms with E-state index in [0.29, 0.717) is 27.1 Å². The molecular weight excluding hydrogens is 411 g/mol. The molecule has 146 valence electrons. The Balaban J connectivity index is 1.50. The van der Waals surface area contributed by atoms with Crippen molar-refractivity contribution in [3.63, 3.8) is 0 Å². The van der Waals surface area contributed by atoms with Crippen LogP contribution in [0, 0.1) is 0 Å². The fourth-order valence-corrected chi connectivity index (χ4v) is 3.37. The molecule has 0 aliphatic carbocycles. The largest absolute Gasteiger partial charge is 0.497 e. The van der Waals surface area contributed by atoms with Crippen LogP contribution in [0.1, 0.15) is 21.5 Å². The highest BCUT2D eigenvalue weighted by atomic mass is 35.5. The van der Waals surface area contributed by atoms with E-state index in [1.54, 1.807) is 43.5 Å². The lowest BCUT2D eigenvalue weighted by atomic mass is 10.1. The molecule has 0 N–H and O–H groups in total. The Kier molecular flexibility index (Phi) is 5.47. The first-order valence-electron chi connectivity index (χ1n) is 8.82. The van der Waals surface area contributed by atoms with E-state index < -0.39 is 0 Å². The zero-order valence-corrected chi connectivity index (χ0v) is 17.0. The summed E-state index contributed by atoms with van der Waals surface area (Å²) >= 11 is 12.1. The molecule has 0 amide bonds. The number of benzene rings is 3. The Hall–Kier alpha value is -2.95. The number of halogens is 2. The van der Waals surface area contributed by atoms with E-state index in [1.165, 1.54) is 0 Å². The van der Waals surface area contributed by atoms with Crippen LogP contribution in [-0.4, -0.2) is 12.9 Å². The van der Waals surface area contributed by atoms with Gasteiger partial charge in [0, 0.05) is 21.7 Å². The molecule has 1 aliphatic rings. The number of ether oxygens (including phenoxy) is 3. The molecule has 0 fully saturated rings. The monoisotopic (exact) mass is 426 g/mol. The highest BCUT2D eigenvalue weighted by Gasteiger charge is 2.27. The Labute approximate surface area is 178 Å². The van der Waals surface area contributed by atoms with Gasteiger partial charge in [0.15, 0.2) is 5.76 Å². The summed E-state index contributed by atoms with van der Waals surface area (Å²) in [6.45, 7) is 0.275. The molecule has 0 saturated heterocycles. The number of hydrogen-bond donors (Lipinski definition) is 0. The molecule has 3 aromatic rings. The van der Waals surface area contributed by atoms with Gasteiger partial charge in [0.2, 0.25) is 5.78 Å². The van der Waals surface area contributed by atoms with E-state index in [2.05, 4.69) is 0 Å². The predicted molar refractivity (Wildman–Crippen MR) is 113 cm³/mol. The average Bonchev–Trinajstić information content (AvgIpc) is 3.03. The Morgan fingerprint density at radius 2 is 1.72 bits per heavy atom. The van der Waals surface area contributed by atoms with Crippen LogP contribution in [0.2, 0.25) is 10.0 Å². The molecule has 0 radical (unpaired) electrons. The van der Waals surface area contributed by atoms with Crippen LogP contribution < -0.4 is 14.2 Å². The van der Waals surface area contributed by atoms with Crippen molar-refractivity contribution in [2.45, 2.75) is 6.61 Å². The molecular formula is C23H16Cl2O4. The molecule has 0 atom stereocenters. The van der Waals surface area contributed by atoms with Crippen LogP contribution in [0.5, 0.6) is 17.2 Å². The quantitative estimate of drug-likeness (QED) is 0.455. The standard InChI is InChI=1S/C23H16Cl2O4/c1-27-17-6-2-14(3-7-17)10-22-23(26)19-9-8-18(12-21(19)29-22)28-13-15-4-5-16(24)11-20(15)25/h2-12H,13H2,1H3. The van der Waals surface area contributed by atoms with E-state index in [-0.39, 0.29) is 18.1 Å². The van der Waals surface area contributed by atoms with Gasteiger partial charge < -0.3 is 14.2 Å². The summed E-state index contributed by atoms with van der Waals surface area (Å²) in [6.07, 6.45) is 1.70. The van der Waals surface area contributed by atoms with Crippen molar-refractivity contribution < 1.29 is 19.0 Å². The summed E-state index contributed by atoms with van der Waals surface area (Å²) < 4.78 is 16.7. The van der Waals surface area contributed by atoms with Crippen LogP contribution in [0.3, 0.4) is 0 Å². The summed E-state index contributed by atoms with van der Waals surface area (Å²) in [5.74, 6) is 1.89. The van der Waals surface area contributed by atoms with E-state index in [1.807, 2.05) is 30.3 Å². The number of carbonyl (C=O) groups is 1. The lowest BCUT2D eigenvalue weighted by Crippen LogP contribution is -1.98. The molecule has 0 saturated carbocycles. The van der Waals surface area contributed by atoms with E-state index in [9.17, 15) is 4.79 Å². The van der Waals surface area contributed by atoms with Crippen molar-refractivity contribution in [2.24, 2.45) is 0 Å². The molecule has 1 aliphatic heterocycles. The number of allylic oxidation sites excluding steroid dienone is 1. The minimum absolute atomic E-state index is 0.164. The second-order valence-electron chi connectivity index (χ2n) is 6.40. The maximum Gasteiger partial charge on any atom is 0.231 e. The lowest BCUT2D eigenvalue weighted by molar-refractivity contribution is 0.101. The van der Waals surface area contributed by atoms with Crippen molar-refractivity contribution in [1.82, 2.24) is 0 Å². The number of ketones is 1. The van der Waals surface area contributed by atoms with Gasteiger partial charge in [0.1, 0.15) is 23.9 Å².